The van der Waals surface area contributed by atoms with Crippen molar-refractivity contribution in [3.05, 3.63) is 35.1 Å². The molecule has 0 aliphatic rings. The van der Waals surface area contributed by atoms with Crippen LogP contribution >= 0.6 is 12.4 Å². The van der Waals surface area contributed by atoms with E-state index in [4.69, 9.17) is 10.8 Å². The first-order valence-corrected chi connectivity index (χ1v) is 4.08. The van der Waals surface area contributed by atoms with Gasteiger partial charge in [0.05, 0.1) is 5.56 Å². The fourth-order valence-electron chi connectivity index (χ4n) is 1.10. The van der Waals surface area contributed by atoms with Gasteiger partial charge in [0.1, 0.15) is 11.9 Å². The molecule has 3 nitrogen and oxygen atoms in total. The molecule has 3 N–H and O–H groups in total. The molecule has 17 heavy (non-hydrogen) atoms. The van der Waals surface area contributed by atoms with Crippen molar-refractivity contribution >= 4 is 18.4 Å². The summed E-state index contributed by atoms with van der Waals surface area (Å²) in [6.45, 7) is 0. The standard InChI is InChI=1S/C9H7F4NO2.ClH/c10-6-2-4(7(14)8(15)16)1-5(3-6)9(11,12)13;/h1-3,7H,14H2,(H,15,16);1H. The van der Waals surface area contributed by atoms with E-state index in [0.717, 1.165) is 0 Å². The SMILES string of the molecule is Cl.NC(C(=O)O)c1cc(F)cc(C(F)(F)F)c1. The first-order valence-electron chi connectivity index (χ1n) is 4.08. The highest BCUT2D eigenvalue weighted by Gasteiger charge is 2.32. The Morgan fingerprint density at radius 2 is 1.82 bits per heavy atom. The van der Waals surface area contributed by atoms with Crippen molar-refractivity contribution < 1.29 is 27.5 Å². The van der Waals surface area contributed by atoms with E-state index in [9.17, 15) is 22.4 Å². The average molecular weight is 274 g/mol. The summed E-state index contributed by atoms with van der Waals surface area (Å²) in [5.74, 6) is -2.71. The van der Waals surface area contributed by atoms with Gasteiger partial charge in [0.25, 0.3) is 0 Å². The molecule has 8 heteroatoms. The monoisotopic (exact) mass is 273 g/mol. The predicted molar refractivity (Wildman–Crippen MR) is 53.2 cm³/mol. The van der Waals surface area contributed by atoms with Gasteiger partial charge in [-0.2, -0.15) is 13.2 Å². The number of carboxylic acids is 1. The number of carboxylic acid groups (broad SMARTS) is 1. The number of carbonyl (C=O) groups is 1. The molecule has 0 radical (unpaired) electrons. The Bertz CT molecular complexity index is 422. The maximum atomic E-state index is 12.8. The zero-order chi connectivity index (χ0) is 12.5. The Kier molecular flexibility index (Phi) is 4.91. The predicted octanol–water partition coefficient (Wildman–Crippen LogP) is 2.35. The smallest absolute Gasteiger partial charge is 0.416 e. The molecule has 96 valence electrons. The van der Waals surface area contributed by atoms with Crippen molar-refractivity contribution in [1.29, 1.82) is 0 Å². The lowest BCUT2D eigenvalue weighted by Gasteiger charge is -2.11. The molecule has 0 saturated heterocycles. The number of hydrogen-bond acceptors (Lipinski definition) is 2. The minimum absolute atomic E-state index is 0. The van der Waals surface area contributed by atoms with Gasteiger partial charge in [0, 0.05) is 0 Å². The highest BCUT2D eigenvalue weighted by molar-refractivity contribution is 5.85. The molecule has 0 amide bonds. The maximum Gasteiger partial charge on any atom is 0.416 e. The third-order valence-corrected chi connectivity index (χ3v) is 1.87. The number of hydrogen-bond donors (Lipinski definition) is 2. The normalized spacial score (nSPS) is 12.8. The molecule has 0 aliphatic heterocycles. The van der Waals surface area contributed by atoms with E-state index in [1.807, 2.05) is 0 Å². The Balaban J connectivity index is 0.00000256. The summed E-state index contributed by atoms with van der Waals surface area (Å²) in [5.41, 5.74) is 3.39. The topological polar surface area (TPSA) is 63.3 Å². The summed E-state index contributed by atoms with van der Waals surface area (Å²) in [4.78, 5) is 10.4. The van der Waals surface area contributed by atoms with E-state index in [1.165, 1.54) is 0 Å². The fraction of sp³-hybridized carbons (Fsp3) is 0.222. The first kappa shape index (κ1) is 15.7. The van der Waals surface area contributed by atoms with Crippen LogP contribution in [0.25, 0.3) is 0 Å². The maximum absolute atomic E-state index is 12.8. The van der Waals surface area contributed by atoms with Gasteiger partial charge in [-0.25, -0.2) is 4.39 Å². The molecular formula is C9H8ClF4NO2. The summed E-state index contributed by atoms with van der Waals surface area (Å²) in [5, 5.41) is 8.49. The van der Waals surface area contributed by atoms with Crippen LogP contribution in [0.3, 0.4) is 0 Å². The third-order valence-electron chi connectivity index (χ3n) is 1.87. The molecule has 0 aromatic heterocycles. The van der Waals surface area contributed by atoms with Crippen LogP contribution in [0, 0.1) is 5.82 Å². The van der Waals surface area contributed by atoms with Gasteiger partial charge < -0.3 is 10.8 Å². The Morgan fingerprint density at radius 1 is 1.29 bits per heavy atom. The highest BCUT2D eigenvalue weighted by Crippen LogP contribution is 2.31. The van der Waals surface area contributed by atoms with E-state index in [-0.39, 0.29) is 18.5 Å². The minimum Gasteiger partial charge on any atom is -0.480 e. The van der Waals surface area contributed by atoms with Crippen molar-refractivity contribution in [3.8, 4) is 0 Å². The van der Waals surface area contributed by atoms with Crippen molar-refractivity contribution in [2.45, 2.75) is 12.2 Å². The van der Waals surface area contributed by atoms with Crippen molar-refractivity contribution in [1.82, 2.24) is 0 Å². The van der Waals surface area contributed by atoms with Crippen molar-refractivity contribution in [2.75, 3.05) is 0 Å². The van der Waals surface area contributed by atoms with Crippen LogP contribution in [0.5, 0.6) is 0 Å². The van der Waals surface area contributed by atoms with Crippen LogP contribution in [0.4, 0.5) is 17.6 Å². The Labute approximate surface area is 99.6 Å². The van der Waals surface area contributed by atoms with Crippen LogP contribution < -0.4 is 5.73 Å². The van der Waals surface area contributed by atoms with Gasteiger partial charge in [0.15, 0.2) is 0 Å². The summed E-state index contributed by atoms with van der Waals surface area (Å²) in [6, 6.07) is -0.231. The minimum atomic E-state index is -4.74. The molecule has 0 heterocycles. The van der Waals surface area contributed by atoms with Crippen LogP contribution in [0.2, 0.25) is 0 Å². The second-order valence-electron chi connectivity index (χ2n) is 3.09. The number of benzene rings is 1. The lowest BCUT2D eigenvalue weighted by Crippen LogP contribution is -2.21. The Hall–Kier alpha value is -1.34. The Morgan fingerprint density at radius 3 is 2.24 bits per heavy atom. The molecule has 0 fully saturated rings. The number of alkyl halides is 3. The average Bonchev–Trinajstić information content (AvgIpc) is 2.14. The number of aliphatic carboxylic acids is 1. The van der Waals surface area contributed by atoms with Crippen LogP contribution in [0.15, 0.2) is 18.2 Å². The number of halogens is 5. The van der Waals surface area contributed by atoms with E-state index in [2.05, 4.69) is 0 Å². The van der Waals surface area contributed by atoms with Gasteiger partial charge >= 0.3 is 12.1 Å². The lowest BCUT2D eigenvalue weighted by atomic mass is 10.0. The molecule has 0 saturated carbocycles. The van der Waals surface area contributed by atoms with Gasteiger partial charge in [-0.1, -0.05) is 0 Å². The first-order chi connectivity index (χ1) is 7.21. The second-order valence-corrected chi connectivity index (χ2v) is 3.09. The summed E-state index contributed by atoms with van der Waals surface area (Å²) in [7, 11) is 0. The van der Waals surface area contributed by atoms with E-state index in [0.29, 0.717) is 12.1 Å². The van der Waals surface area contributed by atoms with Crippen LogP contribution in [0.1, 0.15) is 17.2 Å². The highest BCUT2D eigenvalue weighted by atomic mass is 35.5. The van der Waals surface area contributed by atoms with E-state index >= 15 is 0 Å². The van der Waals surface area contributed by atoms with E-state index in [1.54, 1.807) is 0 Å². The third kappa shape index (κ3) is 3.86. The summed E-state index contributed by atoms with van der Waals surface area (Å²) >= 11 is 0. The quantitative estimate of drug-likeness (QED) is 0.813. The van der Waals surface area contributed by atoms with Crippen LogP contribution in [-0.4, -0.2) is 11.1 Å². The van der Waals surface area contributed by atoms with Gasteiger partial charge in [-0.15, -0.1) is 12.4 Å². The molecule has 0 spiro atoms. The molecule has 0 bridgehead atoms. The molecule has 0 aliphatic carbocycles. The molecule has 1 unspecified atom stereocenters. The molecule has 1 aromatic rings. The molecular weight excluding hydrogens is 266 g/mol. The molecule has 1 rings (SSSR count). The molecule has 1 atom stereocenters. The van der Waals surface area contributed by atoms with Crippen LogP contribution in [-0.2, 0) is 11.0 Å². The largest absolute Gasteiger partial charge is 0.480 e. The van der Waals surface area contributed by atoms with Gasteiger partial charge in [-0.05, 0) is 23.8 Å². The van der Waals surface area contributed by atoms with Gasteiger partial charge in [-0.3, -0.25) is 4.79 Å². The number of rotatable bonds is 2. The second kappa shape index (κ2) is 5.33. The lowest BCUT2D eigenvalue weighted by molar-refractivity contribution is -0.140. The van der Waals surface area contributed by atoms with Crippen molar-refractivity contribution in [3.63, 3.8) is 0 Å². The van der Waals surface area contributed by atoms with Crippen molar-refractivity contribution in [2.24, 2.45) is 5.73 Å². The molecule has 1 aromatic carbocycles. The summed E-state index contributed by atoms with van der Waals surface area (Å²) < 4.78 is 49.6. The van der Waals surface area contributed by atoms with E-state index < -0.39 is 35.1 Å². The summed E-state index contributed by atoms with van der Waals surface area (Å²) in [6.07, 6.45) is -4.74. The zero-order valence-corrected chi connectivity index (χ0v) is 8.98. The zero-order valence-electron chi connectivity index (χ0n) is 8.16. The fourth-order valence-corrected chi connectivity index (χ4v) is 1.10. The van der Waals surface area contributed by atoms with Gasteiger partial charge in [0.2, 0.25) is 0 Å². The number of nitrogens with two attached hydrogens (primary N) is 1.